The number of hydrogen-bond acceptors (Lipinski definition) is 2. The average Bonchev–Trinajstić information content (AvgIpc) is 2.11. The predicted molar refractivity (Wildman–Crippen MR) is 41.9 cm³/mol. The molecule has 0 radical (unpaired) electrons. The monoisotopic (exact) mass is 143 g/mol. The van der Waals surface area contributed by atoms with E-state index >= 15 is 0 Å². The van der Waals surface area contributed by atoms with Gasteiger partial charge in [-0.15, -0.1) is 0 Å². The van der Waals surface area contributed by atoms with Gasteiger partial charge in [-0.05, 0) is 27.2 Å². The summed E-state index contributed by atoms with van der Waals surface area (Å²) in [5.41, 5.74) is 0.234. The van der Waals surface area contributed by atoms with Crippen LogP contribution in [0.2, 0.25) is 0 Å². The Bertz CT molecular complexity index is 117. The zero-order valence-corrected chi connectivity index (χ0v) is 7.09. The van der Waals surface area contributed by atoms with Gasteiger partial charge in [0.1, 0.15) is 0 Å². The summed E-state index contributed by atoms with van der Waals surface area (Å²) in [5.74, 6) is 0. The first kappa shape index (κ1) is 8.02. The van der Waals surface area contributed by atoms with E-state index in [1.807, 2.05) is 0 Å². The van der Waals surface area contributed by atoms with E-state index in [1.165, 1.54) is 0 Å². The second-order valence-corrected chi connectivity index (χ2v) is 4.06. The molecule has 0 amide bonds. The first-order chi connectivity index (χ1) is 4.50. The molecular formula is C8H17NO. The lowest BCUT2D eigenvalue weighted by Crippen LogP contribution is -2.39. The van der Waals surface area contributed by atoms with Crippen LogP contribution >= 0.6 is 0 Å². The van der Waals surface area contributed by atoms with Crippen molar-refractivity contribution in [3.63, 3.8) is 0 Å². The van der Waals surface area contributed by atoms with E-state index in [-0.39, 0.29) is 11.6 Å². The Kier molecular flexibility index (Phi) is 2.02. The molecular weight excluding hydrogens is 126 g/mol. The third kappa shape index (κ3) is 1.70. The zero-order valence-electron chi connectivity index (χ0n) is 7.09. The smallest absolute Gasteiger partial charge is 0.0679 e. The van der Waals surface area contributed by atoms with Gasteiger partial charge in [0.05, 0.1) is 6.10 Å². The van der Waals surface area contributed by atoms with Gasteiger partial charge in [-0.25, -0.2) is 0 Å². The molecule has 0 saturated carbocycles. The lowest BCUT2D eigenvalue weighted by molar-refractivity contribution is 0.130. The van der Waals surface area contributed by atoms with Gasteiger partial charge in [0, 0.05) is 18.6 Å². The van der Waals surface area contributed by atoms with Gasteiger partial charge in [-0.1, -0.05) is 0 Å². The molecule has 2 heteroatoms. The van der Waals surface area contributed by atoms with Crippen molar-refractivity contribution >= 4 is 0 Å². The van der Waals surface area contributed by atoms with Crippen LogP contribution in [0.4, 0.5) is 0 Å². The number of aliphatic hydroxyl groups excluding tert-OH is 1. The summed E-state index contributed by atoms with van der Waals surface area (Å²) in [4.78, 5) is 2.32. The number of aliphatic hydroxyl groups is 1. The Balaban J connectivity index is 2.45. The summed E-state index contributed by atoms with van der Waals surface area (Å²) in [6, 6.07) is 0. The van der Waals surface area contributed by atoms with Crippen molar-refractivity contribution < 1.29 is 5.11 Å². The Morgan fingerprint density at radius 3 is 2.20 bits per heavy atom. The molecule has 0 bridgehead atoms. The largest absolute Gasteiger partial charge is 0.392 e. The van der Waals surface area contributed by atoms with Gasteiger partial charge in [-0.3, -0.25) is 4.90 Å². The molecule has 1 N–H and O–H groups in total. The minimum Gasteiger partial charge on any atom is -0.392 e. The van der Waals surface area contributed by atoms with Crippen molar-refractivity contribution in [2.75, 3.05) is 13.1 Å². The van der Waals surface area contributed by atoms with Crippen LogP contribution < -0.4 is 0 Å². The first-order valence-corrected chi connectivity index (χ1v) is 3.93. The SMILES string of the molecule is CC(C)(C)N1CC[C@H](O)C1. The van der Waals surface area contributed by atoms with E-state index < -0.39 is 0 Å². The fourth-order valence-corrected chi connectivity index (χ4v) is 1.35. The quantitative estimate of drug-likeness (QED) is 0.543. The molecule has 1 aliphatic rings. The van der Waals surface area contributed by atoms with Crippen LogP contribution in [0.25, 0.3) is 0 Å². The minimum absolute atomic E-state index is 0.0841. The van der Waals surface area contributed by atoms with E-state index in [0.717, 1.165) is 19.5 Å². The highest BCUT2D eigenvalue weighted by molar-refractivity contribution is 4.84. The molecule has 1 fully saturated rings. The van der Waals surface area contributed by atoms with E-state index in [0.29, 0.717) is 0 Å². The average molecular weight is 143 g/mol. The van der Waals surface area contributed by atoms with Crippen molar-refractivity contribution in [1.29, 1.82) is 0 Å². The molecule has 1 rings (SSSR count). The summed E-state index contributed by atoms with van der Waals surface area (Å²) in [5, 5.41) is 9.22. The third-order valence-electron chi connectivity index (χ3n) is 2.11. The molecule has 0 aromatic heterocycles. The second-order valence-electron chi connectivity index (χ2n) is 4.06. The fourth-order valence-electron chi connectivity index (χ4n) is 1.35. The van der Waals surface area contributed by atoms with Crippen molar-refractivity contribution in [2.24, 2.45) is 0 Å². The normalized spacial score (nSPS) is 29.4. The molecule has 1 saturated heterocycles. The lowest BCUT2D eigenvalue weighted by Gasteiger charge is -2.31. The lowest BCUT2D eigenvalue weighted by atomic mass is 10.1. The maximum Gasteiger partial charge on any atom is 0.0679 e. The molecule has 2 nitrogen and oxygen atoms in total. The van der Waals surface area contributed by atoms with Crippen LogP contribution in [-0.2, 0) is 0 Å². The highest BCUT2D eigenvalue weighted by atomic mass is 16.3. The summed E-state index contributed by atoms with van der Waals surface area (Å²) in [6.45, 7) is 8.45. The third-order valence-corrected chi connectivity index (χ3v) is 2.11. The standard InChI is InChI=1S/C8H17NO/c1-8(2,3)9-5-4-7(10)6-9/h7,10H,4-6H2,1-3H3/t7-/m0/s1. The number of hydrogen-bond donors (Lipinski definition) is 1. The summed E-state index contributed by atoms with van der Waals surface area (Å²) in [6.07, 6.45) is 0.858. The number of β-amino-alcohol motifs (C(OH)–C–C–N with tert-alkyl or cyclic N) is 1. The van der Waals surface area contributed by atoms with Crippen LogP contribution in [0, 0.1) is 0 Å². The van der Waals surface area contributed by atoms with Gasteiger partial charge in [-0.2, -0.15) is 0 Å². The van der Waals surface area contributed by atoms with Crippen molar-refractivity contribution in [1.82, 2.24) is 4.90 Å². The van der Waals surface area contributed by atoms with E-state index in [2.05, 4.69) is 25.7 Å². The van der Waals surface area contributed by atoms with Gasteiger partial charge in [0.15, 0.2) is 0 Å². The number of nitrogens with zero attached hydrogens (tertiary/aromatic N) is 1. The highest BCUT2D eigenvalue weighted by Gasteiger charge is 2.28. The molecule has 0 aliphatic carbocycles. The van der Waals surface area contributed by atoms with Crippen LogP contribution in [0.1, 0.15) is 27.2 Å². The molecule has 10 heavy (non-hydrogen) atoms. The van der Waals surface area contributed by atoms with Gasteiger partial charge in [0.2, 0.25) is 0 Å². The molecule has 1 aliphatic heterocycles. The van der Waals surface area contributed by atoms with Crippen molar-refractivity contribution in [3.05, 3.63) is 0 Å². The molecule has 0 aromatic rings. The predicted octanol–water partition coefficient (Wildman–Crippen LogP) is 0.851. The van der Waals surface area contributed by atoms with Crippen LogP contribution in [0.15, 0.2) is 0 Å². The van der Waals surface area contributed by atoms with Gasteiger partial charge < -0.3 is 5.11 Å². The zero-order chi connectivity index (χ0) is 7.78. The van der Waals surface area contributed by atoms with Gasteiger partial charge in [0.25, 0.3) is 0 Å². The maximum atomic E-state index is 9.22. The Morgan fingerprint density at radius 1 is 1.40 bits per heavy atom. The Morgan fingerprint density at radius 2 is 2.00 bits per heavy atom. The number of likely N-dealkylation sites (tertiary alicyclic amines) is 1. The summed E-state index contributed by atoms with van der Waals surface area (Å²) in [7, 11) is 0. The second kappa shape index (κ2) is 2.51. The molecule has 60 valence electrons. The molecule has 0 spiro atoms. The summed E-state index contributed by atoms with van der Waals surface area (Å²) >= 11 is 0. The highest BCUT2D eigenvalue weighted by Crippen LogP contribution is 2.19. The van der Waals surface area contributed by atoms with Crippen molar-refractivity contribution in [2.45, 2.75) is 38.8 Å². The molecule has 0 unspecified atom stereocenters. The van der Waals surface area contributed by atoms with Gasteiger partial charge >= 0.3 is 0 Å². The Hall–Kier alpha value is -0.0800. The van der Waals surface area contributed by atoms with Crippen LogP contribution in [-0.4, -0.2) is 34.7 Å². The first-order valence-electron chi connectivity index (χ1n) is 3.93. The van der Waals surface area contributed by atoms with Crippen LogP contribution in [0.3, 0.4) is 0 Å². The molecule has 1 heterocycles. The summed E-state index contributed by atoms with van der Waals surface area (Å²) < 4.78 is 0. The van der Waals surface area contributed by atoms with E-state index in [9.17, 15) is 5.11 Å². The molecule has 0 aromatic carbocycles. The minimum atomic E-state index is -0.0841. The fraction of sp³-hybridized carbons (Fsp3) is 1.00. The van der Waals surface area contributed by atoms with Crippen molar-refractivity contribution in [3.8, 4) is 0 Å². The topological polar surface area (TPSA) is 23.5 Å². The van der Waals surface area contributed by atoms with Crippen LogP contribution in [0.5, 0.6) is 0 Å². The maximum absolute atomic E-state index is 9.22. The number of rotatable bonds is 0. The van der Waals surface area contributed by atoms with E-state index in [1.54, 1.807) is 0 Å². The molecule has 1 atom stereocenters. The van der Waals surface area contributed by atoms with E-state index in [4.69, 9.17) is 0 Å². The Labute approximate surface area is 62.8 Å².